The highest BCUT2D eigenvalue weighted by molar-refractivity contribution is 5.06. The van der Waals surface area contributed by atoms with Gasteiger partial charge < -0.3 is 5.43 Å². The smallest absolute Gasteiger partial charge is 0.0595 e. The first-order valence-electron chi connectivity index (χ1n) is 5.26. The maximum absolute atomic E-state index is 4.27. The number of rotatable bonds is 5. The molecule has 2 rings (SSSR count). The first kappa shape index (κ1) is 9.83. The van der Waals surface area contributed by atoms with Crippen LogP contribution in [0, 0.1) is 0 Å². The molecule has 0 aliphatic rings. The van der Waals surface area contributed by atoms with Crippen molar-refractivity contribution in [2.75, 3.05) is 5.43 Å². The summed E-state index contributed by atoms with van der Waals surface area (Å²) in [4.78, 5) is 0. The van der Waals surface area contributed by atoms with Gasteiger partial charge in [0.05, 0.1) is 12.7 Å². The SMILES string of the molecule is CCCn1cc(CNn2cccc2)cn1. The Morgan fingerprint density at radius 1 is 1.33 bits per heavy atom. The van der Waals surface area contributed by atoms with Crippen LogP contribution in [0.4, 0.5) is 0 Å². The Bertz CT molecular complexity index is 388. The second-order valence-electron chi connectivity index (χ2n) is 3.54. The Kier molecular flexibility index (Phi) is 3.07. The molecule has 80 valence electrons. The zero-order valence-corrected chi connectivity index (χ0v) is 8.93. The number of nitrogens with one attached hydrogen (secondary N) is 1. The van der Waals surface area contributed by atoms with Crippen LogP contribution in [0.5, 0.6) is 0 Å². The first-order chi connectivity index (χ1) is 7.38. The lowest BCUT2D eigenvalue weighted by atomic mass is 10.4. The fourth-order valence-corrected chi connectivity index (χ4v) is 1.47. The largest absolute Gasteiger partial charge is 0.322 e. The molecule has 15 heavy (non-hydrogen) atoms. The van der Waals surface area contributed by atoms with Gasteiger partial charge in [-0.25, -0.2) is 0 Å². The minimum absolute atomic E-state index is 0.804. The fraction of sp³-hybridized carbons (Fsp3) is 0.364. The summed E-state index contributed by atoms with van der Waals surface area (Å²) in [7, 11) is 0. The molecule has 0 amide bonds. The van der Waals surface area contributed by atoms with Crippen molar-refractivity contribution in [3.8, 4) is 0 Å². The molecule has 2 aromatic rings. The van der Waals surface area contributed by atoms with Crippen LogP contribution in [0.25, 0.3) is 0 Å². The standard InChI is InChI=1S/C11H16N4/c1-2-5-15-10-11(9-13-15)8-12-14-6-3-4-7-14/h3-4,6-7,9-10,12H,2,5,8H2,1H3. The molecule has 0 unspecified atom stereocenters. The van der Waals surface area contributed by atoms with Crippen molar-refractivity contribution in [3.63, 3.8) is 0 Å². The van der Waals surface area contributed by atoms with Crippen LogP contribution in [0.3, 0.4) is 0 Å². The van der Waals surface area contributed by atoms with Gasteiger partial charge in [-0.15, -0.1) is 0 Å². The average Bonchev–Trinajstić information content (AvgIpc) is 2.85. The van der Waals surface area contributed by atoms with Gasteiger partial charge in [0.1, 0.15) is 0 Å². The third-order valence-corrected chi connectivity index (χ3v) is 2.21. The van der Waals surface area contributed by atoms with Crippen molar-refractivity contribution >= 4 is 0 Å². The van der Waals surface area contributed by atoms with Gasteiger partial charge in [0.25, 0.3) is 0 Å². The van der Waals surface area contributed by atoms with Gasteiger partial charge in [0.2, 0.25) is 0 Å². The van der Waals surface area contributed by atoms with E-state index in [2.05, 4.69) is 23.6 Å². The van der Waals surface area contributed by atoms with Gasteiger partial charge in [0.15, 0.2) is 0 Å². The molecule has 0 fully saturated rings. The van der Waals surface area contributed by atoms with Crippen molar-refractivity contribution in [2.45, 2.75) is 26.4 Å². The van der Waals surface area contributed by atoms with E-state index >= 15 is 0 Å². The third kappa shape index (κ3) is 2.62. The molecule has 4 heteroatoms. The number of hydrogen-bond donors (Lipinski definition) is 1. The van der Waals surface area contributed by atoms with Gasteiger partial charge in [-0.2, -0.15) is 5.10 Å². The summed E-state index contributed by atoms with van der Waals surface area (Å²) in [6.45, 7) is 3.95. The zero-order chi connectivity index (χ0) is 10.5. The van der Waals surface area contributed by atoms with Crippen LogP contribution < -0.4 is 5.43 Å². The van der Waals surface area contributed by atoms with Gasteiger partial charge in [-0.05, 0) is 18.6 Å². The minimum atomic E-state index is 0.804. The topological polar surface area (TPSA) is 34.8 Å². The summed E-state index contributed by atoms with van der Waals surface area (Å²) >= 11 is 0. The number of nitrogens with zero attached hydrogens (tertiary/aromatic N) is 3. The predicted octanol–water partition coefficient (Wildman–Crippen LogP) is 1.84. The zero-order valence-electron chi connectivity index (χ0n) is 8.93. The summed E-state index contributed by atoms with van der Waals surface area (Å²) in [5.74, 6) is 0. The Balaban J connectivity index is 1.88. The molecule has 0 aliphatic carbocycles. The number of aromatic nitrogens is 3. The van der Waals surface area contributed by atoms with Gasteiger partial charge in [-0.3, -0.25) is 9.36 Å². The van der Waals surface area contributed by atoms with E-state index in [1.54, 1.807) is 0 Å². The molecular formula is C11H16N4. The first-order valence-corrected chi connectivity index (χ1v) is 5.26. The second kappa shape index (κ2) is 4.68. The van der Waals surface area contributed by atoms with Gasteiger partial charge in [-0.1, -0.05) is 6.92 Å². The fourth-order valence-electron chi connectivity index (χ4n) is 1.47. The minimum Gasteiger partial charge on any atom is -0.322 e. The highest BCUT2D eigenvalue weighted by atomic mass is 15.4. The normalized spacial score (nSPS) is 10.5. The molecule has 0 bridgehead atoms. The van der Waals surface area contributed by atoms with Crippen LogP contribution in [0.1, 0.15) is 18.9 Å². The lowest BCUT2D eigenvalue weighted by molar-refractivity contribution is 0.602. The van der Waals surface area contributed by atoms with Crippen LogP contribution in [0.15, 0.2) is 36.9 Å². The van der Waals surface area contributed by atoms with Crippen molar-refractivity contribution < 1.29 is 0 Å². The summed E-state index contributed by atoms with van der Waals surface area (Å²) in [5, 5.41) is 4.27. The number of aryl methyl sites for hydroxylation is 1. The Morgan fingerprint density at radius 2 is 2.13 bits per heavy atom. The molecule has 0 saturated carbocycles. The van der Waals surface area contributed by atoms with E-state index in [9.17, 15) is 0 Å². The molecule has 4 nitrogen and oxygen atoms in total. The quantitative estimate of drug-likeness (QED) is 0.806. The van der Waals surface area contributed by atoms with E-state index in [-0.39, 0.29) is 0 Å². The van der Waals surface area contributed by atoms with E-state index in [4.69, 9.17) is 0 Å². The molecule has 0 atom stereocenters. The van der Waals surface area contributed by atoms with E-state index in [1.807, 2.05) is 40.1 Å². The maximum Gasteiger partial charge on any atom is 0.0595 e. The summed E-state index contributed by atoms with van der Waals surface area (Å²) in [6.07, 6.45) is 9.07. The van der Waals surface area contributed by atoms with Crippen LogP contribution in [-0.4, -0.2) is 14.5 Å². The van der Waals surface area contributed by atoms with E-state index in [1.165, 1.54) is 5.56 Å². The lowest BCUT2D eigenvalue weighted by Crippen LogP contribution is -2.11. The molecule has 1 N–H and O–H groups in total. The van der Waals surface area contributed by atoms with Crippen molar-refractivity contribution in [1.29, 1.82) is 0 Å². The highest BCUT2D eigenvalue weighted by Gasteiger charge is 1.97. The highest BCUT2D eigenvalue weighted by Crippen LogP contribution is 1.99. The lowest BCUT2D eigenvalue weighted by Gasteiger charge is -2.04. The molecule has 0 aromatic carbocycles. The van der Waals surface area contributed by atoms with Crippen molar-refractivity contribution in [2.24, 2.45) is 0 Å². The maximum atomic E-state index is 4.27. The summed E-state index contributed by atoms with van der Waals surface area (Å²) in [6, 6.07) is 3.99. The monoisotopic (exact) mass is 204 g/mol. The molecule has 2 aromatic heterocycles. The van der Waals surface area contributed by atoms with Gasteiger partial charge in [0, 0.05) is 30.7 Å². The van der Waals surface area contributed by atoms with E-state index in [0.29, 0.717) is 0 Å². The second-order valence-corrected chi connectivity index (χ2v) is 3.54. The molecule has 0 spiro atoms. The Morgan fingerprint density at radius 3 is 2.87 bits per heavy atom. The molecule has 0 radical (unpaired) electrons. The molecular weight excluding hydrogens is 188 g/mol. The predicted molar refractivity (Wildman–Crippen MR) is 60.0 cm³/mol. The van der Waals surface area contributed by atoms with E-state index in [0.717, 1.165) is 19.5 Å². The third-order valence-electron chi connectivity index (χ3n) is 2.21. The molecule has 0 aliphatic heterocycles. The number of hydrogen-bond acceptors (Lipinski definition) is 2. The van der Waals surface area contributed by atoms with Crippen molar-refractivity contribution in [1.82, 2.24) is 14.5 Å². The van der Waals surface area contributed by atoms with Crippen LogP contribution in [-0.2, 0) is 13.1 Å². The summed E-state index contributed by atoms with van der Waals surface area (Å²) in [5.41, 5.74) is 4.47. The average molecular weight is 204 g/mol. The summed E-state index contributed by atoms with van der Waals surface area (Å²) < 4.78 is 3.92. The Labute approximate surface area is 89.5 Å². The molecule has 2 heterocycles. The Hall–Kier alpha value is -1.71. The molecule has 0 saturated heterocycles. The van der Waals surface area contributed by atoms with Gasteiger partial charge >= 0.3 is 0 Å². The van der Waals surface area contributed by atoms with E-state index < -0.39 is 0 Å². The van der Waals surface area contributed by atoms with Crippen molar-refractivity contribution in [3.05, 3.63) is 42.5 Å². The van der Waals surface area contributed by atoms with Crippen LogP contribution in [0.2, 0.25) is 0 Å². The van der Waals surface area contributed by atoms with Crippen LogP contribution >= 0.6 is 0 Å².